The highest BCUT2D eigenvalue weighted by molar-refractivity contribution is 6.74. The normalized spacial score (nSPS) is 13.2. The van der Waals surface area contributed by atoms with Gasteiger partial charge in [-0.25, -0.2) is 0 Å². The van der Waals surface area contributed by atoms with Crippen LogP contribution in [-0.2, 0) is 4.43 Å². The van der Waals surface area contributed by atoms with Crippen molar-refractivity contribution in [1.29, 1.82) is 0 Å². The molecule has 2 heteroatoms. The van der Waals surface area contributed by atoms with Crippen LogP contribution < -0.4 is 0 Å². The van der Waals surface area contributed by atoms with E-state index >= 15 is 0 Å². The molecule has 0 aromatic carbocycles. The molecule has 1 nitrogen and oxygen atoms in total. The zero-order valence-electron chi connectivity index (χ0n) is 9.19. The zero-order valence-corrected chi connectivity index (χ0v) is 10.2. The van der Waals surface area contributed by atoms with Crippen LogP contribution in [0.4, 0.5) is 0 Å². The average molecular weight is 185 g/mol. The first-order chi connectivity index (χ1) is 5.17. The van der Waals surface area contributed by atoms with Crippen molar-refractivity contribution in [1.82, 2.24) is 0 Å². The molecular formula is C10H21OSi. The zero-order chi connectivity index (χ0) is 9.99. The second kappa shape index (κ2) is 3.75. The van der Waals surface area contributed by atoms with Gasteiger partial charge >= 0.3 is 0 Å². The number of hydrogen-bond acceptors (Lipinski definition) is 1. The van der Waals surface area contributed by atoms with Gasteiger partial charge in [0.2, 0.25) is 0 Å². The van der Waals surface area contributed by atoms with Gasteiger partial charge in [0.15, 0.2) is 8.32 Å². The van der Waals surface area contributed by atoms with E-state index in [0.29, 0.717) is 6.61 Å². The van der Waals surface area contributed by atoms with Crippen LogP contribution >= 0.6 is 0 Å². The topological polar surface area (TPSA) is 9.23 Å². The molecule has 0 fully saturated rings. The molecule has 0 aliphatic heterocycles. The molecule has 0 saturated heterocycles. The van der Waals surface area contributed by atoms with E-state index in [2.05, 4.69) is 33.9 Å². The molecule has 0 spiro atoms. The van der Waals surface area contributed by atoms with Crippen molar-refractivity contribution in [3.05, 3.63) is 12.2 Å². The Morgan fingerprint density at radius 3 is 2.00 bits per heavy atom. The minimum absolute atomic E-state index is 0.280. The lowest BCUT2D eigenvalue weighted by atomic mass is 10.2. The Hall–Kier alpha value is -0.0831. The van der Waals surface area contributed by atoms with Gasteiger partial charge in [0.05, 0.1) is 6.61 Å². The molecule has 0 aromatic heterocycles. The van der Waals surface area contributed by atoms with E-state index in [-0.39, 0.29) is 5.04 Å². The number of hydrogen-bond donors (Lipinski definition) is 0. The van der Waals surface area contributed by atoms with Crippen LogP contribution in [0.1, 0.15) is 27.7 Å². The number of rotatable bonds is 3. The van der Waals surface area contributed by atoms with Gasteiger partial charge in [0.1, 0.15) is 0 Å². The summed E-state index contributed by atoms with van der Waals surface area (Å²) < 4.78 is 5.83. The van der Waals surface area contributed by atoms with Crippen molar-refractivity contribution in [3.8, 4) is 0 Å². The van der Waals surface area contributed by atoms with Gasteiger partial charge in [-0.05, 0) is 30.6 Å². The molecule has 0 bridgehead atoms. The molecule has 0 aliphatic carbocycles. The first kappa shape index (κ1) is 11.9. The average Bonchev–Trinajstić information content (AvgIpc) is 1.81. The van der Waals surface area contributed by atoms with E-state index in [9.17, 15) is 0 Å². The van der Waals surface area contributed by atoms with Crippen LogP contribution in [0.15, 0.2) is 5.57 Å². The molecule has 1 radical (unpaired) electrons. The summed E-state index contributed by atoms with van der Waals surface area (Å²) >= 11 is 0. The standard InChI is InChI=1S/C10H21OSi/c1-9(2)8-11-12(6,7)10(3,4)5/h1H,8H2,2-7H3. The van der Waals surface area contributed by atoms with Crippen molar-refractivity contribution in [3.63, 3.8) is 0 Å². The second-order valence-corrected chi connectivity index (χ2v) is 9.70. The van der Waals surface area contributed by atoms with Crippen LogP contribution in [0.25, 0.3) is 0 Å². The molecule has 71 valence electrons. The highest BCUT2D eigenvalue weighted by Gasteiger charge is 2.36. The molecule has 0 amide bonds. The molecule has 0 aliphatic rings. The maximum Gasteiger partial charge on any atom is 0.192 e. The lowest BCUT2D eigenvalue weighted by Gasteiger charge is -2.36. The fraction of sp³-hybridized carbons (Fsp3) is 0.800. The van der Waals surface area contributed by atoms with Crippen molar-refractivity contribution in [2.45, 2.75) is 45.8 Å². The van der Waals surface area contributed by atoms with Crippen LogP contribution in [-0.4, -0.2) is 14.9 Å². The third-order valence-electron chi connectivity index (χ3n) is 2.47. The molecule has 0 heterocycles. The summed E-state index contributed by atoms with van der Waals surface area (Å²) in [5.41, 5.74) is 0.861. The monoisotopic (exact) mass is 185 g/mol. The highest BCUT2D eigenvalue weighted by Crippen LogP contribution is 2.36. The Morgan fingerprint density at radius 1 is 1.33 bits per heavy atom. The Morgan fingerprint density at radius 2 is 1.75 bits per heavy atom. The third kappa shape index (κ3) is 3.54. The quantitative estimate of drug-likeness (QED) is 0.612. The van der Waals surface area contributed by atoms with Crippen molar-refractivity contribution < 1.29 is 4.43 Å². The summed E-state index contributed by atoms with van der Waals surface area (Å²) in [6.45, 7) is 19.2. The molecule has 0 aromatic rings. The first-order valence-electron chi connectivity index (χ1n) is 4.39. The second-order valence-electron chi connectivity index (χ2n) is 4.90. The summed E-state index contributed by atoms with van der Waals surface area (Å²) in [5, 5.41) is 0.280. The largest absolute Gasteiger partial charge is 0.413 e. The fourth-order valence-electron chi connectivity index (χ4n) is 0.511. The van der Waals surface area contributed by atoms with E-state index in [1.54, 1.807) is 0 Å². The summed E-state index contributed by atoms with van der Waals surface area (Å²) in [5.74, 6) is 0. The van der Waals surface area contributed by atoms with Crippen molar-refractivity contribution >= 4 is 8.32 Å². The lowest BCUT2D eigenvalue weighted by molar-refractivity contribution is 0.319. The van der Waals surface area contributed by atoms with Gasteiger partial charge in [0.25, 0.3) is 0 Å². The van der Waals surface area contributed by atoms with E-state index in [0.717, 1.165) is 5.57 Å². The highest BCUT2D eigenvalue weighted by atomic mass is 28.4. The third-order valence-corrected chi connectivity index (χ3v) is 6.95. The summed E-state index contributed by atoms with van der Waals surface area (Å²) in [6.07, 6.45) is 0. The molecule has 0 rings (SSSR count). The Kier molecular flexibility index (Phi) is 3.73. The maximum absolute atomic E-state index is 5.83. The smallest absolute Gasteiger partial charge is 0.192 e. The minimum Gasteiger partial charge on any atom is -0.413 e. The molecule has 0 atom stereocenters. The van der Waals surface area contributed by atoms with Gasteiger partial charge in [0, 0.05) is 0 Å². The predicted molar refractivity (Wildman–Crippen MR) is 56.6 cm³/mol. The van der Waals surface area contributed by atoms with E-state index < -0.39 is 8.32 Å². The minimum atomic E-state index is -1.57. The van der Waals surface area contributed by atoms with Gasteiger partial charge in [-0.3, -0.25) is 0 Å². The molecule has 0 N–H and O–H groups in total. The van der Waals surface area contributed by atoms with E-state index in [1.807, 2.05) is 6.92 Å². The Labute approximate surface area is 78.0 Å². The van der Waals surface area contributed by atoms with Gasteiger partial charge in [-0.15, -0.1) is 0 Å². The van der Waals surface area contributed by atoms with Gasteiger partial charge < -0.3 is 4.43 Å². The van der Waals surface area contributed by atoms with Gasteiger partial charge in [-0.2, -0.15) is 0 Å². The first-order valence-corrected chi connectivity index (χ1v) is 7.29. The molecule has 0 saturated carbocycles. The van der Waals surface area contributed by atoms with Crippen LogP contribution in [0.3, 0.4) is 0 Å². The lowest BCUT2D eigenvalue weighted by Crippen LogP contribution is -2.41. The van der Waals surface area contributed by atoms with Crippen molar-refractivity contribution in [2.24, 2.45) is 0 Å². The predicted octanol–water partition coefficient (Wildman–Crippen LogP) is 3.39. The van der Waals surface area contributed by atoms with Crippen molar-refractivity contribution in [2.75, 3.05) is 6.61 Å². The van der Waals surface area contributed by atoms with Crippen LogP contribution in [0.2, 0.25) is 18.1 Å². The Bertz CT molecular complexity index is 165. The SMILES string of the molecule is [CH]=C(C)CO[Si](C)(C)C(C)(C)C. The van der Waals surface area contributed by atoms with E-state index in [4.69, 9.17) is 11.0 Å². The molecular weight excluding hydrogens is 164 g/mol. The molecule has 0 unspecified atom stereocenters. The summed E-state index contributed by atoms with van der Waals surface area (Å²) in [6, 6.07) is 0. The summed E-state index contributed by atoms with van der Waals surface area (Å²) in [4.78, 5) is 0. The van der Waals surface area contributed by atoms with Crippen LogP contribution in [0, 0.1) is 6.58 Å². The maximum atomic E-state index is 5.83. The Balaban J connectivity index is 4.14. The summed E-state index contributed by atoms with van der Waals surface area (Å²) in [7, 11) is -1.57. The van der Waals surface area contributed by atoms with E-state index in [1.165, 1.54) is 0 Å². The fourth-order valence-corrected chi connectivity index (χ4v) is 1.53. The van der Waals surface area contributed by atoms with Crippen LogP contribution in [0.5, 0.6) is 0 Å². The molecule has 12 heavy (non-hydrogen) atoms. The van der Waals surface area contributed by atoms with Gasteiger partial charge in [-0.1, -0.05) is 27.4 Å².